The van der Waals surface area contributed by atoms with Crippen LogP contribution in [0.5, 0.6) is 0 Å². The van der Waals surface area contributed by atoms with E-state index in [1.54, 1.807) is 0 Å². The fraction of sp³-hybridized carbons (Fsp3) is 0.625. The zero-order chi connectivity index (χ0) is 20.2. The van der Waals surface area contributed by atoms with E-state index in [4.69, 9.17) is 0 Å². The first-order valence-electron chi connectivity index (χ1n) is 11.6. The van der Waals surface area contributed by atoms with E-state index in [-0.39, 0.29) is 0 Å². The molecule has 6 nitrogen and oxygen atoms in total. The zero-order valence-corrected chi connectivity index (χ0v) is 18.0. The molecule has 0 amide bonds. The van der Waals surface area contributed by atoms with Gasteiger partial charge in [-0.25, -0.2) is 0 Å². The second-order valence-electron chi connectivity index (χ2n) is 10.2. The lowest BCUT2D eigenvalue weighted by atomic mass is 9.93. The van der Waals surface area contributed by atoms with Gasteiger partial charge in [0.05, 0.1) is 11.4 Å². The minimum atomic E-state index is 0.535. The normalized spacial score (nSPS) is 34.7. The zero-order valence-electron chi connectivity index (χ0n) is 18.0. The van der Waals surface area contributed by atoms with Crippen LogP contribution >= 0.6 is 0 Å². The number of hydrogen-bond acceptors (Lipinski definition) is 5. The summed E-state index contributed by atoms with van der Waals surface area (Å²) in [7, 11) is 1.94. The van der Waals surface area contributed by atoms with E-state index in [0.29, 0.717) is 6.04 Å². The Morgan fingerprint density at radius 3 is 2.47 bits per heavy atom. The maximum atomic E-state index is 4.45. The molecule has 6 atom stereocenters. The molecule has 0 spiro atoms. The average Bonchev–Trinajstić information content (AvgIpc) is 3.51. The molecule has 3 heterocycles. The van der Waals surface area contributed by atoms with E-state index in [0.717, 1.165) is 52.4 Å². The highest BCUT2D eigenvalue weighted by Gasteiger charge is 2.43. The van der Waals surface area contributed by atoms with Gasteiger partial charge in [0.2, 0.25) is 0 Å². The summed E-state index contributed by atoms with van der Waals surface area (Å²) in [4.78, 5) is 2.77. The number of hydrogen-bond donors (Lipinski definition) is 1. The van der Waals surface area contributed by atoms with Crippen LogP contribution in [0.2, 0.25) is 0 Å². The molecule has 2 saturated carbocycles. The molecular formula is C24H32N6. The molecule has 0 radical (unpaired) electrons. The van der Waals surface area contributed by atoms with Gasteiger partial charge in [0.1, 0.15) is 5.82 Å². The SMILES string of the molecule is Cc1nn(C)cc1-c1ccc(N[C@@H]2C[C@@H]3CN(CC4CC5C=CC4C5)C[C@@H]3C2)nn1. The Morgan fingerprint density at radius 1 is 1.03 bits per heavy atom. The van der Waals surface area contributed by atoms with Gasteiger partial charge in [-0.2, -0.15) is 5.10 Å². The molecule has 6 rings (SSSR count). The lowest BCUT2D eigenvalue weighted by Gasteiger charge is -2.26. The molecule has 2 bridgehead atoms. The van der Waals surface area contributed by atoms with E-state index in [2.05, 4.69) is 49.8 Å². The lowest BCUT2D eigenvalue weighted by Crippen LogP contribution is -2.31. The average molecular weight is 405 g/mol. The van der Waals surface area contributed by atoms with Crippen LogP contribution in [-0.4, -0.2) is 50.6 Å². The van der Waals surface area contributed by atoms with Gasteiger partial charge in [-0.05, 0) is 74.3 Å². The predicted molar refractivity (Wildman–Crippen MR) is 118 cm³/mol. The van der Waals surface area contributed by atoms with E-state index >= 15 is 0 Å². The summed E-state index contributed by atoms with van der Waals surface area (Å²) in [5, 5.41) is 17.0. The number of allylic oxidation sites excluding steroid dienone is 2. The van der Waals surface area contributed by atoms with Gasteiger partial charge in [0.25, 0.3) is 0 Å². The van der Waals surface area contributed by atoms with Crippen molar-refractivity contribution in [3.05, 3.63) is 36.2 Å². The molecule has 0 aromatic carbocycles. The van der Waals surface area contributed by atoms with Gasteiger partial charge in [-0.3, -0.25) is 4.68 Å². The standard InChI is InChI=1S/C24H32N6/c1-15-22(14-29(2)28-15)23-5-6-24(27-26-23)25-21-9-19-12-30(13-20(19)10-21)11-18-8-16-3-4-17(18)7-16/h3-6,14,16-21H,7-13H2,1-2H3,(H,25,27)/t16?,17?,18?,19-,20+,21-. The molecule has 1 saturated heterocycles. The van der Waals surface area contributed by atoms with Crippen LogP contribution in [0, 0.1) is 36.5 Å². The van der Waals surface area contributed by atoms with Crippen molar-refractivity contribution in [2.75, 3.05) is 25.0 Å². The van der Waals surface area contributed by atoms with E-state index in [9.17, 15) is 0 Å². The van der Waals surface area contributed by atoms with Crippen molar-refractivity contribution < 1.29 is 0 Å². The Kier molecular flexibility index (Phi) is 4.44. The smallest absolute Gasteiger partial charge is 0.148 e. The summed E-state index contributed by atoms with van der Waals surface area (Å²) in [6.45, 7) is 5.94. The summed E-state index contributed by atoms with van der Waals surface area (Å²) in [5.74, 6) is 5.29. The molecule has 3 aliphatic carbocycles. The topological polar surface area (TPSA) is 58.9 Å². The Labute approximate surface area is 178 Å². The highest BCUT2D eigenvalue weighted by molar-refractivity contribution is 5.61. The summed E-state index contributed by atoms with van der Waals surface area (Å²) in [5.41, 5.74) is 2.93. The van der Waals surface area contributed by atoms with Crippen molar-refractivity contribution in [3.63, 3.8) is 0 Å². The van der Waals surface area contributed by atoms with E-state index < -0.39 is 0 Å². The fourth-order valence-electron chi connectivity index (χ4n) is 6.71. The number of aryl methyl sites for hydroxylation is 2. The molecule has 1 N–H and O–H groups in total. The number of aromatic nitrogens is 4. The van der Waals surface area contributed by atoms with Gasteiger partial charge >= 0.3 is 0 Å². The Balaban J connectivity index is 1.02. The van der Waals surface area contributed by atoms with Gasteiger partial charge in [-0.15, -0.1) is 10.2 Å². The number of nitrogens with zero attached hydrogens (tertiary/aromatic N) is 5. The molecule has 158 valence electrons. The molecule has 3 fully saturated rings. The van der Waals surface area contributed by atoms with Crippen molar-refractivity contribution in [1.29, 1.82) is 0 Å². The minimum Gasteiger partial charge on any atom is -0.366 e. The second kappa shape index (κ2) is 7.19. The largest absolute Gasteiger partial charge is 0.366 e. The first kappa shape index (κ1) is 18.6. The van der Waals surface area contributed by atoms with Crippen LogP contribution in [0.25, 0.3) is 11.3 Å². The molecule has 30 heavy (non-hydrogen) atoms. The third-order valence-electron chi connectivity index (χ3n) is 8.04. The number of likely N-dealkylation sites (tertiary alicyclic amines) is 1. The van der Waals surface area contributed by atoms with E-state index in [1.165, 1.54) is 45.3 Å². The van der Waals surface area contributed by atoms with Crippen molar-refractivity contribution >= 4 is 5.82 Å². The molecule has 4 aliphatic rings. The van der Waals surface area contributed by atoms with Crippen molar-refractivity contribution in [1.82, 2.24) is 24.9 Å². The Hall–Kier alpha value is -2.21. The number of fused-ring (bicyclic) bond motifs is 3. The Morgan fingerprint density at radius 2 is 1.87 bits per heavy atom. The van der Waals surface area contributed by atoms with Gasteiger partial charge in [-0.1, -0.05) is 12.2 Å². The van der Waals surface area contributed by atoms with Crippen LogP contribution in [0.4, 0.5) is 5.82 Å². The highest BCUT2D eigenvalue weighted by Crippen LogP contribution is 2.45. The minimum absolute atomic E-state index is 0.535. The summed E-state index contributed by atoms with van der Waals surface area (Å²) in [6.07, 6.45) is 12.4. The molecule has 2 aromatic rings. The first-order chi connectivity index (χ1) is 14.6. The van der Waals surface area contributed by atoms with Crippen LogP contribution in [0.1, 0.15) is 31.4 Å². The Bertz CT molecular complexity index is 933. The van der Waals surface area contributed by atoms with Crippen LogP contribution < -0.4 is 5.32 Å². The van der Waals surface area contributed by atoms with Crippen molar-refractivity contribution in [2.24, 2.45) is 36.6 Å². The quantitative estimate of drug-likeness (QED) is 0.773. The maximum Gasteiger partial charge on any atom is 0.148 e. The predicted octanol–water partition coefficient (Wildman–Crippen LogP) is 3.52. The first-order valence-corrected chi connectivity index (χ1v) is 11.6. The van der Waals surface area contributed by atoms with Crippen LogP contribution in [0.3, 0.4) is 0 Å². The van der Waals surface area contributed by atoms with Crippen molar-refractivity contribution in [3.8, 4) is 11.3 Å². The number of rotatable bonds is 5. The fourth-order valence-corrected chi connectivity index (χ4v) is 6.71. The monoisotopic (exact) mass is 404 g/mol. The third kappa shape index (κ3) is 3.35. The van der Waals surface area contributed by atoms with Crippen molar-refractivity contribution in [2.45, 2.75) is 38.6 Å². The second-order valence-corrected chi connectivity index (χ2v) is 10.2. The van der Waals surface area contributed by atoms with Gasteiger partial charge < -0.3 is 10.2 Å². The number of anilines is 1. The summed E-state index contributed by atoms with van der Waals surface area (Å²) in [6, 6.07) is 4.66. The lowest BCUT2D eigenvalue weighted by molar-refractivity contribution is 0.238. The van der Waals surface area contributed by atoms with Crippen LogP contribution in [0.15, 0.2) is 30.5 Å². The van der Waals surface area contributed by atoms with Crippen LogP contribution in [-0.2, 0) is 7.05 Å². The van der Waals surface area contributed by atoms with E-state index in [1.807, 2.05) is 24.9 Å². The summed E-state index contributed by atoms with van der Waals surface area (Å²) < 4.78 is 1.83. The maximum absolute atomic E-state index is 4.45. The molecule has 3 unspecified atom stereocenters. The molecule has 6 heteroatoms. The van der Waals surface area contributed by atoms with Gasteiger partial charge in [0.15, 0.2) is 0 Å². The molecule has 1 aliphatic heterocycles. The van der Waals surface area contributed by atoms with Gasteiger partial charge in [0, 0.05) is 44.5 Å². The molecule has 2 aromatic heterocycles. The summed E-state index contributed by atoms with van der Waals surface area (Å²) >= 11 is 0. The molecular weight excluding hydrogens is 372 g/mol. The highest BCUT2D eigenvalue weighted by atomic mass is 15.3. The third-order valence-corrected chi connectivity index (χ3v) is 8.04. The number of nitrogens with one attached hydrogen (secondary N) is 1.